The van der Waals surface area contributed by atoms with Crippen LogP contribution in [0.15, 0.2) is 96.6 Å². The fraction of sp³-hybridized carbons (Fsp3) is 0.244. The van der Waals surface area contributed by atoms with Crippen LogP contribution in [0.4, 0.5) is 11.4 Å². The molecule has 4 aromatic rings. The van der Waals surface area contributed by atoms with Gasteiger partial charge >= 0.3 is 5.97 Å². The zero-order chi connectivity index (χ0) is 38.9. The molecule has 280 valence electrons. The number of halogens is 2. The molecule has 3 fully saturated rings. The van der Waals surface area contributed by atoms with E-state index in [1.165, 1.54) is 50.6 Å². The van der Waals surface area contributed by atoms with Crippen LogP contribution >= 0.6 is 23.2 Å². The second kappa shape index (κ2) is 13.5. The summed E-state index contributed by atoms with van der Waals surface area (Å²) in [6.07, 6.45) is 1.95. The molecular weight excluding hydrogens is 749 g/mol. The van der Waals surface area contributed by atoms with Crippen molar-refractivity contribution in [2.75, 3.05) is 24.5 Å². The number of hydrogen-bond acceptors (Lipinski definition) is 9. The number of anilines is 2. The predicted molar refractivity (Wildman–Crippen MR) is 201 cm³/mol. The summed E-state index contributed by atoms with van der Waals surface area (Å²) >= 11 is 12.7. The van der Waals surface area contributed by atoms with Crippen LogP contribution in [0.5, 0.6) is 17.2 Å². The van der Waals surface area contributed by atoms with Crippen LogP contribution in [-0.4, -0.2) is 59.0 Å². The van der Waals surface area contributed by atoms with Crippen LogP contribution in [0.3, 0.4) is 0 Å². The molecule has 4 amide bonds. The van der Waals surface area contributed by atoms with Gasteiger partial charge in [-0.3, -0.25) is 29.5 Å². The number of aromatic carboxylic acids is 1. The average molecular weight is 783 g/mol. The lowest BCUT2D eigenvalue weighted by Gasteiger charge is -2.50. The number of carboxylic acid groups (broad SMARTS) is 1. The normalized spacial score (nSPS) is 25.6. The van der Waals surface area contributed by atoms with Gasteiger partial charge in [0.15, 0.2) is 0 Å². The number of nitrogens with zero attached hydrogens (tertiary/aromatic N) is 2. The first-order valence-corrected chi connectivity index (χ1v) is 18.2. The molecule has 4 aromatic carbocycles. The molecule has 1 saturated carbocycles. The number of fused-ring (bicyclic) bond motifs is 4. The lowest BCUT2D eigenvalue weighted by Crippen LogP contribution is -2.53. The molecule has 55 heavy (non-hydrogen) atoms. The first-order valence-electron chi connectivity index (χ1n) is 17.4. The number of hydrogen-bond donors (Lipinski definition) is 3. The number of carboxylic acids is 1. The third-order valence-electron chi connectivity index (χ3n) is 11.5. The molecule has 2 saturated heterocycles. The van der Waals surface area contributed by atoms with Gasteiger partial charge in [-0.2, -0.15) is 5.01 Å². The van der Waals surface area contributed by atoms with Crippen LogP contribution in [-0.2, 0) is 24.6 Å². The lowest BCUT2D eigenvalue weighted by atomic mass is 9.49. The summed E-state index contributed by atoms with van der Waals surface area (Å²) in [6.45, 7) is 0. The maximum Gasteiger partial charge on any atom is 0.335 e. The molecule has 0 aromatic heterocycles. The maximum absolute atomic E-state index is 15.4. The number of carbonyl (C=O) groups excluding carboxylic acids is 4. The fourth-order valence-corrected chi connectivity index (χ4v) is 9.56. The minimum atomic E-state index is -1.70. The monoisotopic (exact) mass is 781 g/mol. The number of nitrogens with one attached hydrogen (secondary N) is 1. The van der Waals surface area contributed by atoms with Crippen molar-refractivity contribution in [2.24, 2.45) is 23.7 Å². The van der Waals surface area contributed by atoms with E-state index in [1.54, 1.807) is 48.5 Å². The van der Waals surface area contributed by atoms with Crippen molar-refractivity contribution in [3.63, 3.8) is 0 Å². The van der Waals surface area contributed by atoms with Crippen molar-refractivity contribution in [3.8, 4) is 17.2 Å². The number of allylic oxidation sites excluding steroid dienone is 2. The van der Waals surface area contributed by atoms with Crippen molar-refractivity contribution in [2.45, 2.75) is 24.2 Å². The van der Waals surface area contributed by atoms with E-state index >= 15 is 4.79 Å². The Bertz CT molecular complexity index is 2350. The highest BCUT2D eigenvalue weighted by atomic mass is 35.5. The highest BCUT2D eigenvalue weighted by Gasteiger charge is 2.70. The molecular formula is C41H33Cl2N3O9. The van der Waals surface area contributed by atoms with E-state index in [2.05, 4.69) is 5.43 Å². The maximum atomic E-state index is 15.4. The molecule has 0 spiro atoms. The molecule has 0 bridgehead atoms. The summed E-state index contributed by atoms with van der Waals surface area (Å²) in [5.41, 5.74) is 2.86. The fourth-order valence-electron chi connectivity index (χ4n) is 9.11. The second-order valence-electron chi connectivity index (χ2n) is 14.0. The minimum Gasteiger partial charge on any atom is -0.508 e. The SMILES string of the molecule is COc1ccc([C@@]23C(=O)N(Nc4ccc(Cl)cc4Cl)C(=O)[C@@H]2C[C@@H]2C(=CC[C@@H]4C(=O)N(c5cccc(C(=O)O)c5)C(=O)[C@@H]42)[C@@H]3c2cc(OC)ccc2O)cc1. The first kappa shape index (κ1) is 36.1. The molecule has 2 aliphatic heterocycles. The summed E-state index contributed by atoms with van der Waals surface area (Å²) in [4.78, 5) is 71.9. The Hall–Kier alpha value is -5.85. The van der Waals surface area contributed by atoms with Gasteiger partial charge in [-0.25, -0.2) is 4.79 Å². The highest BCUT2D eigenvalue weighted by molar-refractivity contribution is 6.36. The number of rotatable bonds is 8. The summed E-state index contributed by atoms with van der Waals surface area (Å²) in [6, 6.07) is 21.6. The number of ether oxygens (including phenoxy) is 2. The zero-order valence-corrected chi connectivity index (χ0v) is 30.9. The highest BCUT2D eigenvalue weighted by Crippen LogP contribution is 2.65. The van der Waals surface area contributed by atoms with E-state index in [0.717, 1.165) is 9.91 Å². The number of benzene rings is 4. The van der Waals surface area contributed by atoms with Gasteiger partial charge < -0.3 is 19.7 Å². The van der Waals surface area contributed by atoms with Crippen molar-refractivity contribution >= 4 is 64.2 Å². The van der Waals surface area contributed by atoms with E-state index in [4.69, 9.17) is 32.7 Å². The number of aromatic hydroxyl groups is 1. The van der Waals surface area contributed by atoms with E-state index < -0.39 is 64.6 Å². The van der Waals surface area contributed by atoms with E-state index in [-0.39, 0.29) is 46.1 Å². The summed E-state index contributed by atoms with van der Waals surface area (Å²) < 4.78 is 11.0. The summed E-state index contributed by atoms with van der Waals surface area (Å²) in [7, 11) is 2.98. The standard InChI is InChI=1S/C41H33Cl2N3O9/c1-54-24-9-6-21(7-10-24)41-30(37(49)46(40(41)53)44-32-14-8-22(42)17-31(32)43)19-28-26(35(41)29-18-25(55-2)11-15-33(29)47)12-13-27-34(28)38(50)45(36(27)48)23-5-3-4-20(16-23)39(51)52/h3-12,14-18,27-28,30,34-35,44,47H,13,19H2,1-2H3,(H,51,52)/t27-,28+,30-,34-,35+,41+/m0/s1. The van der Waals surface area contributed by atoms with Gasteiger partial charge in [-0.1, -0.05) is 53.1 Å². The van der Waals surface area contributed by atoms with Gasteiger partial charge in [-0.15, -0.1) is 0 Å². The predicted octanol–water partition coefficient (Wildman–Crippen LogP) is 6.60. The van der Waals surface area contributed by atoms with Crippen LogP contribution in [0.1, 0.15) is 40.2 Å². The Labute approximate surface area is 324 Å². The van der Waals surface area contributed by atoms with Crippen molar-refractivity contribution in [1.82, 2.24) is 5.01 Å². The topological polar surface area (TPSA) is 163 Å². The third-order valence-corrected chi connectivity index (χ3v) is 12.0. The zero-order valence-electron chi connectivity index (χ0n) is 29.4. The smallest absolute Gasteiger partial charge is 0.335 e. The lowest BCUT2D eigenvalue weighted by molar-refractivity contribution is -0.138. The summed E-state index contributed by atoms with van der Waals surface area (Å²) in [5, 5.41) is 22.8. The van der Waals surface area contributed by atoms with Crippen LogP contribution < -0.4 is 19.8 Å². The third kappa shape index (κ3) is 5.45. The number of phenolic OH excluding ortho intramolecular Hbond substituents is 1. The van der Waals surface area contributed by atoms with Gasteiger partial charge in [0.1, 0.15) is 17.2 Å². The van der Waals surface area contributed by atoms with Crippen LogP contribution in [0.2, 0.25) is 10.0 Å². The van der Waals surface area contributed by atoms with Gasteiger partial charge in [0.05, 0.1) is 59.3 Å². The molecule has 0 unspecified atom stereocenters. The second-order valence-corrected chi connectivity index (χ2v) is 14.8. The van der Waals surface area contributed by atoms with Gasteiger partial charge in [0.2, 0.25) is 11.8 Å². The molecule has 6 atom stereocenters. The number of hydrazine groups is 1. The van der Waals surface area contributed by atoms with Crippen LogP contribution in [0, 0.1) is 23.7 Å². The van der Waals surface area contributed by atoms with Gasteiger partial charge in [0.25, 0.3) is 11.8 Å². The largest absolute Gasteiger partial charge is 0.508 e. The molecule has 2 heterocycles. The van der Waals surface area contributed by atoms with Gasteiger partial charge in [-0.05, 0) is 91.1 Å². The molecule has 14 heteroatoms. The number of methoxy groups -OCH3 is 2. The van der Waals surface area contributed by atoms with E-state index in [0.29, 0.717) is 27.7 Å². The Morgan fingerprint density at radius 2 is 1.58 bits per heavy atom. The Balaban J connectivity index is 1.34. The molecule has 12 nitrogen and oxygen atoms in total. The van der Waals surface area contributed by atoms with E-state index in [1.807, 2.05) is 6.08 Å². The Morgan fingerprint density at radius 1 is 0.855 bits per heavy atom. The molecule has 8 rings (SSSR count). The number of imide groups is 2. The molecule has 0 radical (unpaired) electrons. The molecule has 4 aliphatic rings. The Morgan fingerprint density at radius 3 is 2.27 bits per heavy atom. The molecule has 2 aliphatic carbocycles. The number of phenols is 1. The van der Waals surface area contributed by atoms with E-state index in [9.17, 15) is 29.4 Å². The van der Waals surface area contributed by atoms with Crippen molar-refractivity contribution in [1.29, 1.82) is 0 Å². The first-order chi connectivity index (χ1) is 26.4. The average Bonchev–Trinajstić information content (AvgIpc) is 3.56. The number of carbonyl (C=O) groups is 5. The summed E-state index contributed by atoms with van der Waals surface area (Å²) in [5.74, 6) is -7.47. The number of amides is 4. The molecule has 3 N–H and O–H groups in total. The quantitative estimate of drug-likeness (QED) is 0.131. The van der Waals surface area contributed by atoms with Crippen molar-refractivity contribution < 1.29 is 43.7 Å². The van der Waals surface area contributed by atoms with Crippen molar-refractivity contribution in [3.05, 3.63) is 123 Å². The van der Waals surface area contributed by atoms with Gasteiger partial charge in [0, 0.05) is 16.5 Å². The Kier molecular flexibility index (Phi) is 8.85. The van der Waals surface area contributed by atoms with Crippen LogP contribution in [0.25, 0.3) is 0 Å². The minimum absolute atomic E-state index is 0.0145.